The van der Waals surface area contributed by atoms with Crippen molar-refractivity contribution in [2.75, 3.05) is 56.1 Å². The second kappa shape index (κ2) is 4.69. The van der Waals surface area contributed by atoms with Gasteiger partial charge in [-0.25, -0.2) is 4.79 Å². The van der Waals surface area contributed by atoms with Crippen molar-refractivity contribution in [1.29, 1.82) is 0 Å². The number of piperazine rings is 1. The lowest BCUT2D eigenvalue weighted by molar-refractivity contribution is 0.229. The van der Waals surface area contributed by atoms with Gasteiger partial charge in [0.1, 0.15) is 0 Å². The first-order chi connectivity index (χ1) is 8.77. The van der Waals surface area contributed by atoms with Crippen molar-refractivity contribution in [2.45, 2.75) is 0 Å². The van der Waals surface area contributed by atoms with Crippen molar-refractivity contribution in [3.8, 4) is 0 Å². The van der Waals surface area contributed by atoms with Gasteiger partial charge in [0.05, 0.1) is 11.7 Å². The maximum absolute atomic E-state index is 12.0. The fourth-order valence-corrected chi connectivity index (χ4v) is 2.84. The molecule has 1 aromatic heterocycles. The van der Waals surface area contributed by atoms with Crippen LogP contribution in [0.2, 0.25) is 0 Å². The first kappa shape index (κ1) is 11.7. The number of nitrogens with zero attached hydrogens (tertiary/aromatic N) is 5. The van der Waals surface area contributed by atoms with Crippen molar-refractivity contribution < 1.29 is 4.79 Å². The minimum absolute atomic E-state index is 0.0130. The summed E-state index contributed by atoms with van der Waals surface area (Å²) in [6, 6.07) is 0.0130. The van der Waals surface area contributed by atoms with Crippen LogP contribution in [0.5, 0.6) is 0 Å². The smallest absolute Gasteiger partial charge is 0.325 e. The molecule has 18 heavy (non-hydrogen) atoms. The zero-order valence-corrected chi connectivity index (χ0v) is 11.1. The Labute approximate surface area is 110 Å². The monoisotopic (exact) mass is 268 g/mol. The van der Waals surface area contributed by atoms with E-state index in [-0.39, 0.29) is 6.03 Å². The molecule has 2 aliphatic rings. The summed E-state index contributed by atoms with van der Waals surface area (Å²) in [5, 5.41) is 3.31. The molecule has 0 spiro atoms. The van der Waals surface area contributed by atoms with Gasteiger partial charge < -0.3 is 15.1 Å². The molecule has 0 aromatic carbocycles. The molecule has 0 aliphatic carbocycles. The Morgan fingerprint density at radius 2 is 1.83 bits per heavy atom. The fourth-order valence-electron chi connectivity index (χ4n) is 2.27. The standard InChI is InChI=1S/C10H16N6OS/c1-14-6-7-16(10(14)17)9-8(12-18-13-9)15-4-2-11-3-5-15/h11H,2-7H2,1H3. The van der Waals surface area contributed by atoms with E-state index >= 15 is 0 Å². The number of anilines is 2. The predicted octanol–water partition coefficient (Wildman–Crippen LogP) is -0.180. The molecule has 98 valence electrons. The van der Waals surface area contributed by atoms with Crippen molar-refractivity contribution in [2.24, 2.45) is 0 Å². The lowest BCUT2D eigenvalue weighted by Crippen LogP contribution is -2.44. The molecule has 2 amide bonds. The van der Waals surface area contributed by atoms with Crippen LogP contribution in [0.4, 0.5) is 16.4 Å². The SMILES string of the molecule is CN1CCN(c2nsnc2N2CCNCC2)C1=O. The number of carbonyl (C=O) groups excluding carboxylic acids is 1. The van der Waals surface area contributed by atoms with Crippen LogP contribution in [0.25, 0.3) is 0 Å². The summed E-state index contributed by atoms with van der Waals surface area (Å²) in [5.74, 6) is 1.57. The van der Waals surface area contributed by atoms with Gasteiger partial charge in [-0.05, 0) is 0 Å². The molecule has 0 unspecified atom stereocenters. The van der Waals surface area contributed by atoms with Crippen molar-refractivity contribution in [3.05, 3.63) is 0 Å². The number of nitrogens with one attached hydrogen (secondary N) is 1. The van der Waals surface area contributed by atoms with Crippen LogP contribution in [0.15, 0.2) is 0 Å². The average Bonchev–Trinajstić information content (AvgIpc) is 2.99. The van der Waals surface area contributed by atoms with Crippen LogP contribution in [0.1, 0.15) is 0 Å². The minimum atomic E-state index is 0.0130. The number of hydrogen-bond acceptors (Lipinski definition) is 6. The van der Waals surface area contributed by atoms with Gasteiger partial charge in [0.25, 0.3) is 0 Å². The number of aromatic nitrogens is 2. The zero-order valence-electron chi connectivity index (χ0n) is 10.3. The maximum atomic E-state index is 12.0. The van der Waals surface area contributed by atoms with Gasteiger partial charge >= 0.3 is 6.03 Å². The Balaban J connectivity index is 1.85. The Kier molecular flexibility index (Phi) is 3.04. The van der Waals surface area contributed by atoms with Crippen LogP contribution in [0, 0.1) is 0 Å². The van der Waals surface area contributed by atoms with E-state index in [0.29, 0.717) is 6.54 Å². The molecule has 3 rings (SSSR count). The predicted molar refractivity (Wildman–Crippen MR) is 70.4 cm³/mol. The summed E-state index contributed by atoms with van der Waals surface area (Å²) in [7, 11) is 1.81. The van der Waals surface area contributed by atoms with Gasteiger partial charge in [-0.1, -0.05) is 0 Å². The third-order valence-electron chi connectivity index (χ3n) is 3.34. The molecular weight excluding hydrogens is 252 g/mol. The Morgan fingerprint density at radius 3 is 2.50 bits per heavy atom. The van der Waals surface area contributed by atoms with Crippen molar-refractivity contribution in [1.82, 2.24) is 19.0 Å². The van der Waals surface area contributed by atoms with Crippen molar-refractivity contribution in [3.63, 3.8) is 0 Å². The van der Waals surface area contributed by atoms with Gasteiger partial charge in [-0.2, -0.15) is 8.75 Å². The molecule has 3 heterocycles. The highest BCUT2D eigenvalue weighted by Crippen LogP contribution is 2.29. The molecule has 1 aromatic rings. The first-order valence-corrected chi connectivity index (χ1v) is 6.81. The molecule has 1 N–H and O–H groups in total. The third kappa shape index (κ3) is 1.91. The normalized spacial score (nSPS) is 20.9. The maximum Gasteiger partial charge on any atom is 0.325 e. The molecule has 2 fully saturated rings. The van der Waals surface area contributed by atoms with Gasteiger partial charge in [0, 0.05) is 46.3 Å². The van der Waals surface area contributed by atoms with Gasteiger partial charge in [-0.3, -0.25) is 4.90 Å². The van der Waals surface area contributed by atoms with Crippen LogP contribution in [0.3, 0.4) is 0 Å². The summed E-state index contributed by atoms with van der Waals surface area (Å²) >= 11 is 1.18. The number of hydrogen-bond donors (Lipinski definition) is 1. The largest absolute Gasteiger partial charge is 0.350 e. The Bertz CT molecular complexity index is 443. The molecule has 0 atom stereocenters. The molecule has 7 nitrogen and oxygen atoms in total. The highest BCUT2D eigenvalue weighted by molar-refractivity contribution is 6.99. The molecule has 0 bridgehead atoms. The quantitative estimate of drug-likeness (QED) is 0.806. The van der Waals surface area contributed by atoms with Crippen molar-refractivity contribution >= 4 is 29.4 Å². The van der Waals surface area contributed by atoms with E-state index in [2.05, 4.69) is 19.0 Å². The third-order valence-corrected chi connectivity index (χ3v) is 3.85. The number of rotatable bonds is 2. The van der Waals surface area contributed by atoms with Crippen LogP contribution in [-0.2, 0) is 0 Å². The summed E-state index contributed by atoms with van der Waals surface area (Å²) < 4.78 is 8.67. The van der Waals surface area contributed by atoms with E-state index in [1.165, 1.54) is 11.7 Å². The highest BCUT2D eigenvalue weighted by atomic mass is 32.1. The van der Waals surface area contributed by atoms with Gasteiger partial charge in [0.15, 0.2) is 11.6 Å². The fraction of sp³-hybridized carbons (Fsp3) is 0.700. The lowest BCUT2D eigenvalue weighted by Gasteiger charge is -2.28. The number of likely N-dealkylation sites (N-methyl/N-ethyl adjacent to an activating group) is 1. The van der Waals surface area contributed by atoms with Crippen LogP contribution in [-0.4, -0.2) is 66.0 Å². The summed E-state index contributed by atoms with van der Waals surface area (Å²) in [5.41, 5.74) is 0. The van der Waals surface area contributed by atoms with Crippen LogP contribution >= 0.6 is 11.7 Å². The molecule has 0 saturated carbocycles. The molecular formula is C10H16N6OS. The molecule has 8 heteroatoms. The zero-order chi connectivity index (χ0) is 12.5. The van der Waals surface area contributed by atoms with Gasteiger partial charge in [-0.15, -0.1) is 0 Å². The minimum Gasteiger partial charge on any atom is -0.350 e. The topological polar surface area (TPSA) is 64.6 Å². The van der Waals surface area contributed by atoms with Crippen LogP contribution < -0.4 is 15.1 Å². The summed E-state index contributed by atoms with van der Waals surface area (Å²) in [6.45, 7) is 5.17. The van der Waals surface area contributed by atoms with E-state index < -0.39 is 0 Å². The molecule has 0 radical (unpaired) electrons. The lowest BCUT2D eigenvalue weighted by atomic mass is 10.3. The average molecular weight is 268 g/mol. The summed E-state index contributed by atoms with van der Waals surface area (Å²) in [6.07, 6.45) is 0. The van der Waals surface area contributed by atoms with E-state index in [4.69, 9.17) is 0 Å². The second-order valence-electron chi connectivity index (χ2n) is 4.50. The number of amides is 2. The summed E-state index contributed by atoms with van der Waals surface area (Å²) in [4.78, 5) is 17.6. The molecule has 2 aliphatic heterocycles. The highest BCUT2D eigenvalue weighted by Gasteiger charge is 2.32. The van der Waals surface area contributed by atoms with E-state index in [1.54, 1.807) is 9.80 Å². The van der Waals surface area contributed by atoms with E-state index in [1.807, 2.05) is 7.05 Å². The second-order valence-corrected chi connectivity index (χ2v) is 5.03. The van der Waals surface area contributed by atoms with E-state index in [0.717, 1.165) is 44.4 Å². The first-order valence-electron chi connectivity index (χ1n) is 6.08. The molecule has 2 saturated heterocycles. The number of carbonyl (C=O) groups is 1. The van der Waals surface area contributed by atoms with Gasteiger partial charge in [0.2, 0.25) is 0 Å². The number of urea groups is 1. The van der Waals surface area contributed by atoms with E-state index in [9.17, 15) is 4.79 Å². The Hall–Kier alpha value is -1.41. The Morgan fingerprint density at radius 1 is 1.11 bits per heavy atom.